The molecule has 2 aromatic carbocycles. The second kappa shape index (κ2) is 15.6. The molecule has 1 aromatic heterocycles. The summed E-state index contributed by atoms with van der Waals surface area (Å²) in [5.74, 6) is -1.06. The maximum Gasteiger partial charge on any atom is 0.455 e. The molecule has 1 heterocycles. The van der Waals surface area contributed by atoms with Crippen LogP contribution in [-0.4, -0.2) is 56.8 Å². The molecule has 0 aliphatic carbocycles. The second-order valence-electron chi connectivity index (χ2n) is 10.4. The number of nitrogens with one attached hydrogen (secondary N) is 2. The highest BCUT2D eigenvalue weighted by atomic mass is 16.4. The van der Waals surface area contributed by atoms with Gasteiger partial charge in [-0.1, -0.05) is 74.5 Å². The Kier molecular flexibility index (Phi) is 12.0. The molecule has 210 valence electrons. The van der Waals surface area contributed by atoms with Gasteiger partial charge in [-0.25, -0.2) is 4.79 Å². The van der Waals surface area contributed by atoms with Crippen molar-refractivity contribution in [2.75, 3.05) is 0 Å². The van der Waals surface area contributed by atoms with Gasteiger partial charge in [0.05, 0.1) is 24.2 Å². The van der Waals surface area contributed by atoms with Crippen molar-refractivity contribution in [2.45, 2.75) is 63.9 Å². The van der Waals surface area contributed by atoms with Crippen LogP contribution >= 0.6 is 0 Å². The summed E-state index contributed by atoms with van der Waals surface area (Å²) in [6.45, 7) is 3.88. The van der Waals surface area contributed by atoms with E-state index in [2.05, 4.69) is 20.6 Å². The smallest absolute Gasteiger partial charge is 0.427 e. The van der Waals surface area contributed by atoms with Crippen molar-refractivity contribution in [2.24, 2.45) is 5.92 Å². The van der Waals surface area contributed by atoms with Gasteiger partial charge in [-0.15, -0.1) is 0 Å². The Hall–Kier alpha value is -3.89. The lowest BCUT2D eigenvalue weighted by Crippen LogP contribution is -2.52. The number of carbonyl (C=O) groups is 3. The number of aromatic nitrogens is 2. The molecular formula is C30H37BN4O5. The molecule has 0 saturated carbocycles. The van der Waals surface area contributed by atoms with E-state index in [1.54, 1.807) is 0 Å². The van der Waals surface area contributed by atoms with Crippen LogP contribution in [0, 0.1) is 5.92 Å². The number of Topliss-reactive ketones (excluding diaryl/α,β-unsaturated/α-hetero) is 2. The Morgan fingerprint density at radius 3 is 1.85 bits per heavy atom. The molecule has 0 unspecified atom stereocenters. The van der Waals surface area contributed by atoms with Crippen molar-refractivity contribution < 1.29 is 24.4 Å². The summed E-state index contributed by atoms with van der Waals surface area (Å²) in [4.78, 5) is 48.1. The van der Waals surface area contributed by atoms with Crippen LogP contribution in [0.5, 0.6) is 0 Å². The van der Waals surface area contributed by atoms with Crippen molar-refractivity contribution in [1.29, 1.82) is 0 Å². The molecule has 10 heteroatoms. The monoisotopic (exact) mass is 544 g/mol. The predicted molar refractivity (Wildman–Crippen MR) is 153 cm³/mol. The molecule has 0 bridgehead atoms. The number of hydrogen-bond acceptors (Lipinski definition) is 7. The third-order valence-electron chi connectivity index (χ3n) is 6.58. The van der Waals surface area contributed by atoms with Crippen molar-refractivity contribution in [3.63, 3.8) is 0 Å². The van der Waals surface area contributed by atoms with Crippen molar-refractivity contribution >= 4 is 24.7 Å². The van der Waals surface area contributed by atoms with Gasteiger partial charge in [0.1, 0.15) is 0 Å². The molecule has 40 heavy (non-hydrogen) atoms. The van der Waals surface area contributed by atoms with Gasteiger partial charge < -0.3 is 20.7 Å². The predicted octanol–water partition coefficient (Wildman–Crippen LogP) is 2.96. The molecule has 9 nitrogen and oxygen atoms in total. The quantitative estimate of drug-likeness (QED) is 0.216. The third kappa shape index (κ3) is 10.4. The minimum atomic E-state index is -1.65. The van der Waals surface area contributed by atoms with E-state index in [4.69, 9.17) is 0 Å². The molecule has 0 radical (unpaired) electrons. The number of carbonyl (C=O) groups excluding carboxylic acids is 3. The van der Waals surface area contributed by atoms with Crippen LogP contribution in [0.2, 0.25) is 5.82 Å². The van der Waals surface area contributed by atoms with Crippen LogP contribution in [0.4, 0.5) is 4.79 Å². The first-order valence-corrected chi connectivity index (χ1v) is 13.5. The van der Waals surface area contributed by atoms with Crippen molar-refractivity contribution in [3.8, 4) is 0 Å². The SMILES string of the molecule is CC(C)C[C@H](CC(=O)[C@H](Cc1ccccc1)NC(=O)N[C@@H](Cc1ccccc1)C(=O)Cc1cnccn1)B(O)O. The highest BCUT2D eigenvalue weighted by Crippen LogP contribution is 2.24. The maximum absolute atomic E-state index is 13.4. The van der Waals surface area contributed by atoms with E-state index in [1.165, 1.54) is 18.6 Å². The Labute approximate surface area is 235 Å². The number of urea groups is 1. The van der Waals surface area contributed by atoms with E-state index in [0.29, 0.717) is 12.1 Å². The Bertz CT molecular complexity index is 1210. The van der Waals surface area contributed by atoms with Crippen LogP contribution in [0.15, 0.2) is 79.3 Å². The molecule has 3 rings (SSSR count). The lowest BCUT2D eigenvalue weighted by atomic mass is 9.66. The first-order chi connectivity index (χ1) is 19.2. The van der Waals surface area contributed by atoms with E-state index in [9.17, 15) is 24.4 Å². The van der Waals surface area contributed by atoms with Crippen LogP contribution in [0.3, 0.4) is 0 Å². The molecule has 0 spiro atoms. The van der Waals surface area contributed by atoms with E-state index in [0.717, 1.165) is 11.1 Å². The molecule has 4 N–H and O–H groups in total. The van der Waals surface area contributed by atoms with E-state index >= 15 is 0 Å². The molecule has 0 aliphatic rings. The summed E-state index contributed by atoms with van der Waals surface area (Å²) >= 11 is 0. The average molecular weight is 544 g/mol. The fourth-order valence-corrected chi connectivity index (χ4v) is 4.59. The lowest BCUT2D eigenvalue weighted by Gasteiger charge is -2.24. The van der Waals surface area contributed by atoms with E-state index in [1.807, 2.05) is 74.5 Å². The zero-order valence-electron chi connectivity index (χ0n) is 22.9. The molecule has 0 fully saturated rings. The average Bonchev–Trinajstić information content (AvgIpc) is 2.93. The van der Waals surface area contributed by atoms with Crippen molar-refractivity contribution in [1.82, 2.24) is 20.6 Å². The molecule has 0 aliphatic heterocycles. The Morgan fingerprint density at radius 2 is 1.38 bits per heavy atom. The van der Waals surface area contributed by atoms with Gasteiger partial charge in [-0.3, -0.25) is 19.6 Å². The topological polar surface area (TPSA) is 142 Å². The zero-order valence-corrected chi connectivity index (χ0v) is 22.9. The van der Waals surface area contributed by atoms with Gasteiger partial charge in [0.2, 0.25) is 0 Å². The minimum absolute atomic E-state index is 0.0106. The molecule has 2 amide bonds. The fourth-order valence-electron chi connectivity index (χ4n) is 4.59. The highest BCUT2D eigenvalue weighted by Gasteiger charge is 2.31. The van der Waals surface area contributed by atoms with Gasteiger partial charge in [0, 0.05) is 30.8 Å². The number of hydrogen-bond donors (Lipinski definition) is 4. The molecule has 0 saturated heterocycles. The lowest BCUT2D eigenvalue weighted by molar-refractivity contribution is -0.121. The largest absolute Gasteiger partial charge is 0.455 e. The van der Waals surface area contributed by atoms with Gasteiger partial charge in [-0.05, 0) is 36.3 Å². The summed E-state index contributed by atoms with van der Waals surface area (Å²) in [7, 11) is -1.65. The zero-order chi connectivity index (χ0) is 28.9. The Morgan fingerprint density at radius 1 is 0.825 bits per heavy atom. The number of nitrogens with zero attached hydrogens (tertiary/aromatic N) is 2. The van der Waals surface area contributed by atoms with Gasteiger partial charge in [-0.2, -0.15) is 0 Å². The molecule has 3 atom stereocenters. The summed E-state index contributed by atoms with van der Waals surface area (Å²) in [5, 5.41) is 25.2. The number of ketones is 2. The van der Waals surface area contributed by atoms with Crippen LogP contribution < -0.4 is 10.6 Å². The normalized spacial score (nSPS) is 13.2. The number of amides is 2. The second-order valence-corrected chi connectivity index (χ2v) is 10.4. The Balaban J connectivity index is 1.77. The first kappa shape index (κ1) is 30.7. The number of benzene rings is 2. The maximum atomic E-state index is 13.4. The third-order valence-corrected chi connectivity index (χ3v) is 6.58. The van der Waals surface area contributed by atoms with Crippen LogP contribution in [-0.2, 0) is 28.9 Å². The summed E-state index contributed by atoms with van der Waals surface area (Å²) in [6, 6.07) is 16.1. The summed E-state index contributed by atoms with van der Waals surface area (Å²) in [6.07, 6.45) is 5.35. The first-order valence-electron chi connectivity index (χ1n) is 13.5. The van der Waals surface area contributed by atoms with Gasteiger partial charge in [0.25, 0.3) is 0 Å². The van der Waals surface area contributed by atoms with Crippen LogP contribution in [0.25, 0.3) is 0 Å². The van der Waals surface area contributed by atoms with Gasteiger partial charge >= 0.3 is 13.1 Å². The number of rotatable bonds is 15. The van der Waals surface area contributed by atoms with Crippen molar-refractivity contribution in [3.05, 3.63) is 96.1 Å². The fraction of sp³-hybridized carbons (Fsp3) is 0.367. The van der Waals surface area contributed by atoms with E-state index in [-0.39, 0.29) is 43.2 Å². The standard InChI is InChI=1S/C30H37BN4O5/c1-21(2)15-24(31(39)40)18-28(36)26(16-22-9-5-3-6-10-22)34-30(38)35-27(17-23-11-7-4-8-12-23)29(37)19-25-20-32-13-14-33-25/h3-14,20-21,24,26-27,39-40H,15-19H2,1-2H3,(H2,34,35,38)/t24-,26+,27+/m1/s1. The van der Waals surface area contributed by atoms with Gasteiger partial charge in [0.15, 0.2) is 11.6 Å². The van der Waals surface area contributed by atoms with E-state index < -0.39 is 31.1 Å². The summed E-state index contributed by atoms with van der Waals surface area (Å²) in [5.41, 5.74) is 2.19. The minimum Gasteiger partial charge on any atom is -0.427 e. The van der Waals surface area contributed by atoms with Crippen LogP contribution in [0.1, 0.15) is 43.5 Å². The summed E-state index contributed by atoms with van der Waals surface area (Å²) < 4.78 is 0. The highest BCUT2D eigenvalue weighted by molar-refractivity contribution is 6.43. The molecule has 3 aromatic rings. The molecular weight excluding hydrogens is 507 g/mol.